The highest BCUT2D eigenvalue weighted by atomic mass is 16.5. The zero-order chi connectivity index (χ0) is 13.7. The topological polar surface area (TPSA) is 47.0 Å². The third-order valence-corrected chi connectivity index (χ3v) is 3.18. The van der Waals surface area contributed by atoms with Crippen molar-refractivity contribution in [3.05, 3.63) is 53.2 Å². The van der Waals surface area contributed by atoms with E-state index in [9.17, 15) is 0 Å². The summed E-state index contributed by atoms with van der Waals surface area (Å²) in [6.07, 6.45) is 1.05. The Kier molecular flexibility index (Phi) is 4.47. The van der Waals surface area contributed by atoms with Crippen LogP contribution in [0.15, 0.2) is 36.4 Å². The normalized spacial score (nSPS) is 12.2. The van der Waals surface area contributed by atoms with Gasteiger partial charge in [-0.15, -0.1) is 10.2 Å². The number of hydrogen-bond donors (Lipinski definition) is 1. The summed E-state index contributed by atoms with van der Waals surface area (Å²) in [5, 5.41) is 11.5. The maximum atomic E-state index is 5.02. The summed E-state index contributed by atoms with van der Waals surface area (Å²) < 4.78 is 5.02. The van der Waals surface area contributed by atoms with Crippen LogP contribution in [0.25, 0.3) is 0 Å². The summed E-state index contributed by atoms with van der Waals surface area (Å²) in [7, 11) is 3.51. The minimum absolute atomic E-state index is 0.0457. The molecule has 2 rings (SSSR count). The molecule has 0 amide bonds. The number of hydrogen-bond acceptors (Lipinski definition) is 4. The van der Waals surface area contributed by atoms with E-state index in [1.165, 1.54) is 11.1 Å². The van der Waals surface area contributed by atoms with Crippen molar-refractivity contribution in [2.75, 3.05) is 14.2 Å². The third-order valence-electron chi connectivity index (χ3n) is 3.18. The minimum Gasteiger partial charge on any atom is -0.480 e. The molecule has 4 nitrogen and oxygen atoms in total. The molecular formula is C15H19N3O. The predicted molar refractivity (Wildman–Crippen MR) is 75.3 cm³/mol. The van der Waals surface area contributed by atoms with E-state index in [4.69, 9.17) is 4.74 Å². The Hall–Kier alpha value is -1.94. The lowest BCUT2D eigenvalue weighted by molar-refractivity contribution is 0.390. The second kappa shape index (κ2) is 6.29. The van der Waals surface area contributed by atoms with Crippen molar-refractivity contribution in [2.45, 2.75) is 19.4 Å². The highest BCUT2D eigenvalue weighted by Crippen LogP contribution is 2.21. The van der Waals surface area contributed by atoms with Gasteiger partial charge in [0.15, 0.2) is 0 Å². The Morgan fingerprint density at radius 3 is 2.32 bits per heavy atom. The van der Waals surface area contributed by atoms with Crippen molar-refractivity contribution >= 4 is 0 Å². The molecule has 0 fully saturated rings. The number of ether oxygens (including phenoxy) is 1. The van der Waals surface area contributed by atoms with Crippen LogP contribution >= 0.6 is 0 Å². The average Bonchev–Trinajstić information content (AvgIpc) is 2.49. The standard InChI is InChI=1S/C15H19N3O/c1-4-11-5-7-12(8-6-11)15(16-2)13-9-10-14(19-3)18-17-13/h5-10,15-16H,4H2,1-3H3. The van der Waals surface area contributed by atoms with Crippen molar-refractivity contribution in [3.63, 3.8) is 0 Å². The first-order chi connectivity index (χ1) is 9.28. The molecule has 1 N–H and O–H groups in total. The zero-order valence-corrected chi connectivity index (χ0v) is 11.6. The molecule has 1 atom stereocenters. The van der Waals surface area contributed by atoms with Crippen molar-refractivity contribution in [1.82, 2.24) is 15.5 Å². The Morgan fingerprint density at radius 2 is 1.84 bits per heavy atom. The molecule has 1 aromatic heterocycles. The van der Waals surface area contributed by atoms with Crippen LogP contribution < -0.4 is 10.1 Å². The molecule has 1 aromatic carbocycles. The van der Waals surface area contributed by atoms with Crippen molar-refractivity contribution < 1.29 is 4.74 Å². The Morgan fingerprint density at radius 1 is 1.11 bits per heavy atom. The van der Waals surface area contributed by atoms with Crippen LogP contribution in [0.2, 0.25) is 0 Å². The fourth-order valence-corrected chi connectivity index (χ4v) is 2.02. The highest BCUT2D eigenvalue weighted by molar-refractivity contribution is 5.30. The zero-order valence-electron chi connectivity index (χ0n) is 11.6. The summed E-state index contributed by atoms with van der Waals surface area (Å²) in [4.78, 5) is 0. The molecular weight excluding hydrogens is 238 g/mol. The Labute approximate surface area is 113 Å². The molecule has 0 aliphatic heterocycles. The van der Waals surface area contributed by atoms with E-state index in [1.54, 1.807) is 7.11 Å². The van der Waals surface area contributed by atoms with Gasteiger partial charge in [-0.05, 0) is 30.7 Å². The lowest BCUT2D eigenvalue weighted by Gasteiger charge is -2.16. The number of nitrogens with one attached hydrogen (secondary N) is 1. The molecule has 2 aromatic rings. The minimum atomic E-state index is 0.0457. The molecule has 1 unspecified atom stereocenters. The van der Waals surface area contributed by atoms with E-state index >= 15 is 0 Å². The van der Waals surface area contributed by atoms with E-state index in [-0.39, 0.29) is 6.04 Å². The van der Waals surface area contributed by atoms with E-state index < -0.39 is 0 Å². The van der Waals surface area contributed by atoms with Gasteiger partial charge in [-0.1, -0.05) is 31.2 Å². The Balaban J connectivity index is 2.26. The monoisotopic (exact) mass is 257 g/mol. The summed E-state index contributed by atoms with van der Waals surface area (Å²) >= 11 is 0. The van der Waals surface area contributed by atoms with Crippen LogP contribution in [0, 0.1) is 0 Å². The number of aryl methyl sites for hydroxylation is 1. The summed E-state index contributed by atoms with van der Waals surface area (Å²) in [6, 6.07) is 12.4. The van der Waals surface area contributed by atoms with Gasteiger partial charge in [0.25, 0.3) is 0 Å². The van der Waals surface area contributed by atoms with Gasteiger partial charge < -0.3 is 10.1 Å². The van der Waals surface area contributed by atoms with Gasteiger partial charge >= 0.3 is 0 Å². The van der Waals surface area contributed by atoms with Crippen molar-refractivity contribution in [3.8, 4) is 5.88 Å². The first-order valence-electron chi connectivity index (χ1n) is 6.42. The van der Waals surface area contributed by atoms with E-state index in [0.717, 1.165) is 12.1 Å². The maximum absolute atomic E-state index is 5.02. The van der Waals surface area contributed by atoms with E-state index in [1.807, 2.05) is 19.2 Å². The van der Waals surface area contributed by atoms with E-state index in [2.05, 4.69) is 46.7 Å². The summed E-state index contributed by atoms with van der Waals surface area (Å²) in [5.41, 5.74) is 3.39. The summed E-state index contributed by atoms with van der Waals surface area (Å²) in [5.74, 6) is 0.528. The van der Waals surface area contributed by atoms with Crippen LogP contribution in [0.3, 0.4) is 0 Å². The molecule has 100 valence electrons. The molecule has 0 radical (unpaired) electrons. The molecule has 1 heterocycles. The third kappa shape index (κ3) is 3.09. The SMILES string of the molecule is CCc1ccc(C(NC)c2ccc(OC)nn2)cc1. The number of rotatable bonds is 5. The number of methoxy groups -OCH3 is 1. The van der Waals surface area contributed by atoms with Crippen molar-refractivity contribution in [2.24, 2.45) is 0 Å². The van der Waals surface area contributed by atoms with Gasteiger partial charge in [0.1, 0.15) is 0 Å². The molecule has 19 heavy (non-hydrogen) atoms. The van der Waals surface area contributed by atoms with Gasteiger partial charge in [-0.2, -0.15) is 0 Å². The fourth-order valence-electron chi connectivity index (χ4n) is 2.02. The van der Waals surface area contributed by atoms with Gasteiger partial charge in [-0.25, -0.2) is 0 Å². The summed E-state index contributed by atoms with van der Waals surface area (Å²) in [6.45, 7) is 2.15. The van der Waals surface area contributed by atoms with Crippen molar-refractivity contribution in [1.29, 1.82) is 0 Å². The van der Waals surface area contributed by atoms with Gasteiger partial charge in [0.2, 0.25) is 5.88 Å². The largest absolute Gasteiger partial charge is 0.480 e. The Bertz CT molecular complexity index is 460. The lowest BCUT2D eigenvalue weighted by Crippen LogP contribution is -2.19. The van der Waals surface area contributed by atoms with Gasteiger partial charge in [-0.3, -0.25) is 0 Å². The van der Waals surface area contributed by atoms with Crippen LogP contribution in [0.5, 0.6) is 5.88 Å². The molecule has 0 aliphatic carbocycles. The van der Waals surface area contributed by atoms with Gasteiger partial charge in [0.05, 0.1) is 18.8 Å². The quantitative estimate of drug-likeness (QED) is 0.893. The molecule has 0 spiro atoms. The van der Waals surface area contributed by atoms with Crippen LogP contribution in [-0.4, -0.2) is 24.4 Å². The van der Waals surface area contributed by atoms with Crippen LogP contribution in [-0.2, 0) is 6.42 Å². The van der Waals surface area contributed by atoms with Gasteiger partial charge in [0, 0.05) is 6.07 Å². The highest BCUT2D eigenvalue weighted by Gasteiger charge is 2.13. The van der Waals surface area contributed by atoms with Crippen LogP contribution in [0.1, 0.15) is 29.8 Å². The predicted octanol–water partition coefficient (Wildman–Crippen LogP) is 2.36. The average molecular weight is 257 g/mol. The first kappa shape index (κ1) is 13.5. The van der Waals surface area contributed by atoms with Crippen LogP contribution in [0.4, 0.5) is 0 Å². The molecule has 0 saturated heterocycles. The smallest absolute Gasteiger partial charge is 0.233 e. The van der Waals surface area contributed by atoms with E-state index in [0.29, 0.717) is 5.88 Å². The number of benzene rings is 1. The molecule has 0 aliphatic rings. The number of nitrogens with zero attached hydrogens (tertiary/aromatic N) is 2. The number of aromatic nitrogens is 2. The second-order valence-corrected chi connectivity index (χ2v) is 4.32. The molecule has 4 heteroatoms. The first-order valence-corrected chi connectivity index (χ1v) is 6.42. The molecule has 0 bridgehead atoms. The lowest BCUT2D eigenvalue weighted by atomic mass is 10.0. The molecule has 0 saturated carbocycles. The second-order valence-electron chi connectivity index (χ2n) is 4.32. The fraction of sp³-hybridized carbons (Fsp3) is 0.333. The maximum Gasteiger partial charge on any atom is 0.233 e.